The number of anilines is 1. The number of nitro benzene ring substituents is 1. The molecule has 6 nitrogen and oxygen atoms in total. The average Bonchev–Trinajstić information content (AvgIpc) is 3.07. The molecular formula is C18H25N3O3. The zero-order valence-corrected chi connectivity index (χ0v) is 14.4. The van der Waals surface area contributed by atoms with Crippen LogP contribution < -0.4 is 4.90 Å². The van der Waals surface area contributed by atoms with E-state index in [1.54, 1.807) is 12.1 Å². The molecule has 1 aromatic rings. The lowest BCUT2D eigenvalue weighted by molar-refractivity contribution is -0.384. The zero-order chi connectivity index (χ0) is 17.3. The molecule has 1 amide bonds. The van der Waals surface area contributed by atoms with E-state index in [1.165, 1.54) is 6.07 Å². The molecule has 2 saturated heterocycles. The molecule has 0 saturated carbocycles. The van der Waals surface area contributed by atoms with E-state index in [0.29, 0.717) is 23.1 Å². The maximum atomic E-state index is 12.8. The predicted octanol–water partition coefficient (Wildman–Crippen LogP) is 3.31. The molecule has 6 heteroatoms. The summed E-state index contributed by atoms with van der Waals surface area (Å²) in [6, 6.07) is 4.94. The maximum Gasteiger partial charge on any atom is 0.293 e. The number of nitro groups is 1. The molecule has 2 heterocycles. The van der Waals surface area contributed by atoms with Crippen molar-refractivity contribution in [1.82, 2.24) is 4.90 Å². The smallest absolute Gasteiger partial charge is 0.293 e. The zero-order valence-electron chi connectivity index (χ0n) is 14.4. The standard InChI is InChI=1S/C18H25N3O3/c1-13-9-14(2)12-20(11-13)18(22)15-5-6-16(17(10-15)21(23)24)19-7-3-4-8-19/h5-6,10,13-14H,3-4,7-9,11-12H2,1-2H3. The van der Waals surface area contributed by atoms with Crippen LogP contribution in [0.2, 0.25) is 0 Å². The first kappa shape index (κ1) is 16.7. The van der Waals surface area contributed by atoms with E-state index in [1.807, 2.05) is 9.80 Å². The van der Waals surface area contributed by atoms with E-state index in [2.05, 4.69) is 13.8 Å². The van der Waals surface area contributed by atoms with Gasteiger partial charge in [0, 0.05) is 37.8 Å². The maximum absolute atomic E-state index is 12.8. The van der Waals surface area contributed by atoms with Gasteiger partial charge in [-0.05, 0) is 43.2 Å². The highest BCUT2D eigenvalue weighted by Gasteiger charge is 2.29. The van der Waals surface area contributed by atoms with Gasteiger partial charge in [0.05, 0.1) is 4.92 Å². The van der Waals surface area contributed by atoms with Crippen molar-refractivity contribution in [3.05, 3.63) is 33.9 Å². The van der Waals surface area contributed by atoms with Crippen molar-refractivity contribution in [2.45, 2.75) is 33.1 Å². The van der Waals surface area contributed by atoms with E-state index in [4.69, 9.17) is 0 Å². The number of carbonyl (C=O) groups is 1. The number of nitrogens with zero attached hydrogens (tertiary/aromatic N) is 3. The van der Waals surface area contributed by atoms with Crippen LogP contribution in [0, 0.1) is 22.0 Å². The lowest BCUT2D eigenvalue weighted by Gasteiger charge is -2.35. The number of rotatable bonds is 3. The molecule has 2 aliphatic heterocycles. The minimum atomic E-state index is -0.369. The second-order valence-corrected chi connectivity index (χ2v) is 7.31. The first-order valence-corrected chi connectivity index (χ1v) is 8.78. The number of hydrogen-bond donors (Lipinski definition) is 0. The number of carbonyl (C=O) groups excluding carboxylic acids is 1. The van der Waals surface area contributed by atoms with Gasteiger partial charge in [-0.3, -0.25) is 14.9 Å². The highest BCUT2D eigenvalue weighted by molar-refractivity contribution is 5.96. The van der Waals surface area contributed by atoms with Gasteiger partial charge in [-0.1, -0.05) is 13.8 Å². The normalized spacial score (nSPS) is 24.2. The van der Waals surface area contributed by atoms with E-state index in [9.17, 15) is 14.9 Å². The largest absolute Gasteiger partial charge is 0.366 e. The summed E-state index contributed by atoms with van der Waals surface area (Å²) in [6.45, 7) is 7.43. The highest BCUT2D eigenvalue weighted by Crippen LogP contribution is 2.32. The van der Waals surface area contributed by atoms with Crippen LogP contribution in [-0.2, 0) is 0 Å². The number of amides is 1. The van der Waals surface area contributed by atoms with Crippen molar-refractivity contribution >= 4 is 17.3 Å². The van der Waals surface area contributed by atoms with Crippen LogP contribution in [0.4, 0.5) is 11.4 Å². The van der Waals surface area contributed by atoms with Crippen LogP contribution in [0.1, 0.15) is 43.5 Å². The first-order chi connectivity index (χ1) is 11.5. The second-order valence-electron chi connectivity index (χ2n) is 7.31. The quantitative estimate of drug-likeness (QED) is 0.629. The van der Waals surface area contributed by atoms with E-state index < -0.39 is 0 Å². The Morgan fingerprint density at radius 1 is 1.17 bits per heavy atom. The van der Waals surface area contributed by atoms with Crippen LogP contribution in [0.15, 0.2) is 18.2 Å². The van der Waals surface area contributed by atoms with Crippen molar-refractivity contribution in [3.63, 3.8) is 0 Å². The third kappa shape index (κ3) is 3.37. The Morgan fingerprint density at radius 3 is 2.38 bits per heavy atom. The van der Waals surface area contributed by atoms with E-state index in [-0.39, 0.29) is 16.5 Å². The summed E-state index contributed by atoms with van der Waals surface area (Å²) < 4.78 is 0. The molecule has 2 atom stereocenters. The first-order valence-electron chi connectivity index (χ1n) is 8.78. The van der Waals surface area contributed by atoms with Gasteiger partial charge in [0.1, 0.15) is 5.69 Å². The number of likely N-dealkylation sites (tertiary alicyclic amines) is 1. The average molecular weight is 331 g/mol. The molecule has 0 spiro atoms. The Balaban J connectivity index is 1.86. The second kappa shape index (κ2) is 6.79. The number of piperidine rings is 1. The van der Waals surface area contributed by atoms with Gasteiger partial charge in [0.15, 0.2) is 0 Å². The summed E-state index contributed by atoms with van der Waals surface area (Å²) >= 11 is 0. The van der Waals surface area contributed by atoms with E-state index >= 15 is 0 Å². The van der Waals surface area contributed by atoms with Gasteiger partial charge in [0.25, 0.3) is 11.6 Å². The lowest BCUT2D eigenvalue weighted by atomic mass is 9.91. The summed E-state index contributed by atoms with van der Waals surface area (Å²) in [7, 11) is 0. The minimum Gasteiger partial charge on any atom is -0.366 e. The van der Waals surface area contributed by atoms with Crippen molar-refractivity contribution in [2.24, 2.45) is 11.8 Å². The summed E-state index contributed by atoms with van der Waals surface area (Å²) in [5.74, 6) is 0.845. The number of hydrogen-bond acceptors (Lipinski definition) is 4. The summed E-state index contributed by atoms with van der Waals surface area (Å²) in [6.07, 6.45) is 3.24. The summed E-state index contributed by atoms with van der Waals surface area (Å²) in [4.78, 5) is 27.8. The van der Waals surface area contributed by atoms with Gasteiger partial charge in [0.2, 0.25) is 0 Å². The Labute approximate surface area is 142 Å². The van der Waals surface area contributed by atoms with Crippen molar-refractivity contribution in [1.29, 1.82) is 0 Å². The fraction of sp³-hybridized carbons (Fsp3) is 0.611. The van der Waals surface area contributed by atoms with Crippen LogP contribution in [-0.4, -0.2) is 41.9 Å². The number of benzene rings is 1. The summed E-state index contributed by atoms with van der Waals surface area (Å²) in [5.41, 5.74) is 1.10. The molecule has 0 N–H and O–H groups in total. The summed E-state index contributed by atoms with van der Waals surface area (Å²) in [5, 5.41) is 11.5. The van der Waals surface area contributed by atoms with E-state index in [0.717, 1.165) is 45.4 Å². The molecule has 2 fully saturated rings. The molecule has 130 valence electrons. The van der Waals surface area contributed by atoms with Crippen molar-refractivity contribution in [3.8, 4) is 0 Å². The van der Waals surface area contributed by atoms with Gasteiger partial charge in [-0.2, -0.15) is 0 Å². The van der Waals surface area contributed by atoms with Gasteiger partial charge < -0.3 is 9.80 Å². The van der Waals surface area contributed by atoms with Crippen LogP contribution in [0.5, 0.6) is 0 Å². The molecular weight excluding hydrogens is 306 g/mol. The minimum absolute atomic E-state index is 0.0425. The molecule has 0 aromatic heterocycles. The Hall–Kier alpha value is -2.11. The van der Waals surface area contributed by atoms with Gasteiger partial charge in [-0.25, -0.2) is 0 Å². The lowest BCUT2D eigenvalue weighted by Crippen LogP contribution is -2.42. The van der Waals surface area contributed by atoms with Gasteiger partial charge in [-0.15, -0.1) is 0 Å². The van der Waals surface area contributed by atoms with Crippen LogP contribution in [0.25, 0.3) is 0 Å². The molecule has 2 unspecified atom stereocenters. The third-order valence-electron chi connectivity index (χ3n) is 5.02. The molecule has 0 radical (unpaired) electrons. The topological polar surface area (TPSA) is 66.7 Å². The molecule has 1 aromatic carbocycles. The SMILES string of the molecule is CC1CC(C)CN(C(=O)c2ccc(N3CCCC3)c([N+](=O)[O-])c2)C1. The third-order valence-corrected chi connectivity index (χ3v) is 5.02. The molecule has 3 rings (SSSR count). The monoisotopic (exact) mass is 331 g/mol. The van der Waals surface area contributed by atoms with Crippen LogP contribution >= 0.6 is 0 Å². The Morgan fingerprint density at radius 2 is 1.79 bits per heavy atom. The fourth-order valence-corrected chi connectivity index (χ4v) is 4.04. The van der Waals surface area contributed by atoms with Crippen molar-refractivity contribution < 1.29 is 9.72 Å². The molecule has 2 aliphatic rings. The van der Waals surface area contributed by atoms with Crippen LogP contribution in [0.3, 0.4) is 0 Å². The fourth-order valence-electron chi connectivity index (χ4n) is 4.04. The Bertz CT molecular complexity index is 630. The predicted molar refractivity (Wildman–Crippen MR) is 93.4 cm³/mol. The van der Waals surface area contributed by atoms with Gasteiger partial charge >= 0.3 is 0 Å². The Kier molecular flexibility index (Phi) is 4.73. The molecule has 0 aliphatic carbocycles. The van der Waals surface area contributed by atoms with Crippen molar-refractivity contribution in [2.75, 3.05) is 31.1 Å². The molecule has 24 heavy (non-hydrogen) atoms. The molecule has 0 bridgehead atoms. The highest BCUT2D eigenvalue weighted by atomic mass is 16.6.